The summed E-state index contributed by atoms with van der Waals surface area (Å²) >= 11 is 0. The van der Waals surface area contributed by atoms with Gasteiger partial charge in [0.25, 0.3) is 0 Å². The lowest BCUT2D eigenvalue weighted by atomic mass is 10.4. The van der Waals surface area contributed by atoms with Crippen molar-refractivity contribution >= 4 is 0 Å². The van der Waals surface area contributed by atoms with E-state index in [-0.39, 0.29) is 12.4 Å². The van der Waals surface area contributed by atoms with Crippen molar-refractivity contribution < 1.29 is 10.2 Å². The predicted molar refractivity (Wildman–Crippen MR) is 39.5 cm³/mol. The molecule has 0 aromatic carbocycles. The molecule has 0 saturated carbocycles. The molecule has 0 spiro atoms. The van der Waals surface area contributed by atoms with Crippen molar-refractivity contribution in [2.75, 3.05) is 6.61 Å². The summed E-state index contributed by atoms with van der Waals surface area (Å²) in [5.74, 6) is -0.291. The number of nitrogens with zero attached hydrogens (tertiary/aromatic N) is 1. The maximum Gasteiger partial charge on any atom is 0.223 e. The summed E-state index contributed by atoms with van der Waals surface area (Å²) in [4.78, 5) is 10.6. The minimum atomic E-state index is -0.404. The van der Waals surface area contributed by atoms with E-state index in [1.54, 1.807) is 0 Å². The quantitative estimate of drug-likeness (QED) is 0.607. The first-order valence-electron chi connectivity index (χ1n) is 3.24. The van der Waals surface area contributed by atoms with Crippen LogP contribution in [0.1, 0.15) is 0 Å². The van der Waals surface area contributed by atoms with Crippen LogP contribution in [0.15, 0.2) is 23.3 Å². The maximum atomic E-state index is 10.6. The molecule has 0 fully saturated rings. The summed E-state index contributed by atoms with van der Waals surface area (Å²) < 4.78 is 1.54. The summed E-state index contributed by atoms with van der Waals surface area (Å²) in [6.07, 6.45) is 2.80. The summed E-state index contributed by atoms with van der Waals surface area (Å²) in [6.45, 7) is 0.371. The second-order valence-electron chi connectivity index (χ2n) is 2.16. The number of hydrogen-bond donors (Lipinski definition) is 2. The van der Waals surface area contributed by atoms with Crippen LogP contribution in [0.3, 0.4) is 0 Å². The number of aromatic hydroxyl groups is 1. The molecule has 0 unspecified atom stereocenters. The Balaban J connectivity index is 2.96. The fourth-order valence-electron chi connectivity index (χ4n) is 0.767. The molecule has 1 rings (SSSR count). The van der Waals surface area contributed by atoms with Crippen molar-refractivity contribution in [3.8, 4) is 5.75 Å². The van der Waals surface area contributed by atoms with Crippen molar-refractivity contribution in [3.63, 3.8) is 0 Å². The van der Waals surface area contributed by atoms with Gasteiger partial charge in [0.1, 0.15) is 0 Å². The third kappa shape index (κ3) is 1.81. The molecule has 0 atom stereocenters. The molecule has 0 radical (unpaired) electrons. The van der Waals surface area contributed by atoms with Gasteiger partial charge < -0.3 is 14.8 Å². The molecule has 0 aliphatic rings. The predicted octanol–water partition coefficient (Wildman–Crippen LogP) is -0.454. The normalized spacial score (nSPS) is 9.91. The lowest BCUT2D eigenvalue weighted by molar-refractivity contribution is 0.275. The average molecular weight is 155 g/mol. The fourth-order valence-corrected chi connectivity index (χ4v) is 0.767. The van der Waals surface area contributed by atoms with E-state index in [2.05, 4.69) is 0 Å². The molecule has 0 saturated heterocycles. The zero-order chi connectivity index (χ0) is 8.27. The molecule has 60 valence electrons. The van der Waals surface area contributed by atoms with Crippen LogP contribution in [0.2, 0.25) is 0 Å². The highest BCUT2D eigenvalue weighted by Gasteiger charge is 1.94. The van der Waals surface area contributed by atoms with Crippen molar-refractivity contribution in [2.45, 2.75) is 6.54 Å². The third-order valence-electron chi connectivity index (χ3n) is 1.32. The number of hydrogen-bond acceptors (Lipinski definition) is 3. The van der Waals surface area contributed by atoms with Crippen LogP contribution >= 0.6 is 0 Å². The topological polar surface area (TPSA) is 62.5 Å². The Morgan fingerprint density at radius 1 is 1.55 bits per heavy atom. The van der Waals surface area contributed by atoms with E-state index < -0.39 is 5.43 Å². The lowest BCUT2D eigenvalue weighted by Crippen LogP contribution is -2.06. The Morgan fingerprint density at radius 3 is 2.82 bits per heavy atom. The third-order valence-corrected chi connectivity index (χ3v) is 1.32. The van der Waals surface area contributed by atoms with Gasteiger partial charge in [0.15, 0.2) is 5.75 Å². The van der Waals surface area contributed by atoms with E-state index in [4.69, 9.17) is 10.2 Å². The molecule has 0 aliphatic heterocycles. The first-order chi connectivity index (χ1) is 5.24. The molecular weight excluding hydrogens is 146 g/mol. The zero-order valence-corrected chi connectivity index (χ0v) is 5.90. The number of aromatic nitrogens is 1. The Morgan fingerprint density at radius 2 is 2.27 bits per heavy atom. The van der Waals surface area contributed by atoms with E-state index in [0.29, 0.717) is 6.54 Å². The molecule has 4 nitrogen and oxygen atoms in total. The highest BCUT2D eigenvalue weighted by molar-refractivity contribution is 5.14. The lowest BCUT2D eigenvalue weighted by Gasteiger charge is -2.02. The van der Waals surface area contributed by atoms with Crippen LogP contribution < -0.4 is 5.43 Å². The first kappa shape index (κ1) is 7.81. The molecule has 11 heavy (non-hydrogen) atoms. The van der Waals surface area contributed by atoms with Crippen molar-refractivity contribution in [1.29, 1.82) is 0 Å². The number of aliphatic hydroxyl groups is 1. The van der Waals surface area contributed by atoms with Crippen LogP contribution in [0, 0.1) is 0 Å². The fraction of sp³-hybridized carbons (Fsp3) is 0.286. The zero-order valence-electron chi connectivity index (χ0n) is 5.90. The van der Waals surface area contributed by atoms with Crippen LogP contribution in [-0.4, -0.2) is 21.4 Å². The standard InChI is InChI=1S/C7H9NO3/c9-4-3-8-2-1-6(10)7(11)5-8/h1-2,5,9,11H,3-4H2. The van der Waals surface area contributed by atoms with Gasteiger partial charge >= 0.3 is 0 Å². The second kappa shape index (κ2) is 3.21. The molecule has 1 heterocycles. The van der Waals surface area contributed by atoms with E-state index >= 15 is 0 Å². The van der Waals surface area contributed by atoms with Crippen LogP contribution in [0.4, 0.5) is 0 Å². The smallest absolute Gasteiger partial charge is 0.223 e. The molecule has 4 heteroatoms. The monoisotopic (exact) mass is 155 g/mol. The highest BCUT2D eigenvalue weighted by atomic mass is 16.3. The summed E-state index contributed by atoms with van der Waals surface area (Å²) in [7, 11) is 0. The van der Waals surface area contributed by atoms with Gasteiger partial charge in [-0.15, -0.1) is 0 Å². The minimum absolute atomic E-state index is 0.0116. The van der Waals surface area contributed by atoms with Gasteiger partial charge in [-0.05, 0) is 0 Å². The number of rotatable bonds is 2. The average Bonchev–Trinajstić information content (AvgIpc) is 1.98. The Labute approximate surface area is 63.3 Å². The van der Waals surface area contributed by atoms with Crippen LogP contribution in [-0.2, 0) is 6.54 Å². The molecule has 0 bridgehead atoms. The van der Waals surface area contributed by atoms with E-state index in [0.717, 1.165) is 0 Å². The van der Waals surface area contributed by atoms with Gasteiger partial charge in [0.05, 0.1) is 6.61 Å². The summed E-state index contributed by atoms with van der Waals surface area (Å²) in [6, 6.07) is 1.25. The van der Waals surface area contributed by atoms with Crippen molar-refractivity contribution in [1.82, 2.24) is 4.57 Å². The molecule has 0 amide bonds. The minimum Gasteiger partial charge on any atom is -0.503 e. The van der Waals surface area contributed by atoms with Gasteiger partial charge in [-0.2, -0.15) is 0 Å². The largest absolute Gasteiger partial charge is 0.503 e. The number of aliphatic hydroxyl groups excluding tert-OH is 1. The molecule has 1 aromatic heterocycles. The van der Waals surface area contributed by atoms with Gasteiger partial charge in [-0.3, -0.25) is 4.79 Å². The highest BCUT2D eigenvalue weighted by Crippen LogP contribution is 1.97. The van der Waals surface area contributed by atoms with Gasteiger partial charge in [0.2, 0.25) is 5.43 Å². The second-order valence-corrected chi connectivity index (χ2v) is 2.16. The summed E-state index contributed by atoms with van der Waals surface area (Å²) in [5.41, 5.74) is -0.404. The van der Waals surface area contributed by atoms with Gasteiger partial charge in [-0.1, -0.05) is 0 Å². The van der Waals surface area contributed by atoms with Crippen LogP contribution in [0.25, 0.3) is 0 Å². The molecule has 2 N–H and O–H groups in total. The van der Waals surface area contributed by atoms with Crippen LogP contribution in [0.5, 0.6) is 5.75 Å². The molecule has 1 aromatic rings. The first-order valence-corrected chi connectivity index (χ1v) is 3.24. The van der Waals surface area contributed by atoms with Crippen molar-refractivity contribution in [2.24, 2.45) is 0 Å². The van der Waals surface area contributed by atoms with Crippen molar-refractivity contribution in [3.05, 3.63) is 28.7 Å². The number of pyridine rings is 1. The Kier molecular flexibility index (Phi) is 2.28. The SMILES string of the molecule is O=c1ccn(CCO)cc1O. The van der Waals surface area contributed by atoms with E-state index in [1.165, 1.54) is 23.0 Å². The van der Waals surface area contributed by atoms with E-state index in [1.807, 2.05) is 0 Å². The molecule has 0 aliphatic carbocycles. The summed E-state index contributed by atoms with van der Waals surface area (Å²) in [5, 5.41) is 17.4. The van der Waals surface area contributed by atoms with Gasteiger partial charge in [0, 0.05) is 25.0 Å². The Hall–Kier alpha value is -1.29. The Bertz CT molecular complexity index is 292. The molecular formula is C7H9NO3. The van der Waals surface area contributed by atoms with Gasteiger partial charge in [-0.25, -0.2) is 0 Å². The maximum absolute atomic E-state index is 10.6. The van der Waals surface area contributed by atoms with E-state index in [9.17, 15) is 4.79 Å².